The highest BCUT2D eigenvalue weighted by Crippen LogP contribution is 2.33. The van der Waals surface area contributed by atoms with Crippen molar-refractivity contribution in [3.05, 3.63) is 58.6 Å². The minimum Gasteiger partial charge on any atom is -0.324 e. The van der Waals surface area contributed by atoms with E-state index in [-0.39, 0.29) is 28.8 Å². The van der Waals surface area contributed by atoms with Gasteiger partial charge in [-0.15, -0.1) is 0 Å². The molecule has 0 bridgehead atoms. The number of hydrogen-bond donors (Lipinski definition) is 1. The average Bonchev–Trinajstić information content (AvgIpc) is 3.10. The predicted molar refractivity (Wildman–Crippen MR) is 122 cm³/mol. The lowest BCUT2D eigenvalue weighted by molar-refractivity contribution is -0.117. The SMILES string of the molecule is CC(C)(C)c1ccc(C2CCCN2CC(=O)Nc2cc(S(C)(=O)=O)ccc2Cl)cc1. The Morgan fingerprint density at radius 2 is 1.83 bits per heavy atom. The maximum absolute atomic E-state index is 12.7. The van der Waals surface area contributed by atoms with Crippen LogP contribution in [-0.4, -0.2) is 38.6 Å². The van der Waals surface area contributed by atoms with Crippen LogP contribution in [0.3, 0.4) is 0 Å². The molecule has 3 rings (SSSR count). The van der Waals surface area contributed by atoms with Crippen molar-refractivity contribution in [1.82, 2.24) is 4.90 Å². The van der Waals surface area contributed by atoms with E-state index in [1.165, 1.54) is 29.3 Å². The first-order valence-electron chi connectivity index (χ1n) is 10.1. The largest absolute Gasteiger partial charge is 0.324 e. The summed E-state index contributed by atoms with van der Waals surface area (Å²) in [5.74, 6) is -0.208. The standard InChI is InChI=1S/C23H29ClN2O3S/c1-23(2,3)17-9-7-16(8-10-17)21-6-5-13-26(21)15-22(27)25-20-14-18(30(4,28)29)11-12-19(20)24/h7-12,14,21H,5-6,13,15H2,1-4H3,(H,25,27). The second-order valence-electron chi connectivity index (χ2n) is 8.96. The summed E-state index contributed by atoms with van der Waals surface area (Å²) < 4.78 is 23.6. The van der Waals surface area contributed by atoms with E-state index in [1.54, 1.807) is 0 Å². The number of anilines is 1. The summed E-state index contributed by atoms with van der Waals surface area (Å²) in [6.45, 7) is 7.65. The first-order chi connectivity index (χ1) is 13.9. The fourth-order valence-electron chi connectivity index (χ4n) is 3.80. The van der Waals surface area contributed by atoms with Gasteiger partial charge in [-0.2, -0.15) is 0 Å². The van der Waals surface area contributed by atoms with Gasteiger partial charge in [0.15, 0.2) is 9.84 Å². The van der Waals surface area contributed by atoms with Crippen LogP contribution in [0.5, 0.6) is 0 Å². The van der Waals surface area contributed by atoms with Gasteiger partial charge in [-0.05, 0) is 54.1 Å². The topological polar surface area (TPSA) is 66.5 Å². The molecule has 1 atom stereocenters. The van der Waals surface area contributed by atoms with Crippen LogP contribution in [0.15, 0.2) is 47.4 Å². The Hall–Kier alpha value is -1.89. The van der Waals surface area contributed by atoms with Crippen LogP contribution < -0.4 is 5.32 Å². The smallest absolute Gasteiger partial charge is 0.238 e. The zero-order valence-corrected chi connectivity index (χ0v) is 19.5. The van der Waals surface area contributed by atoms with Gasteiger partial charge < -0.3 is 5.32 Å². The number of benzene rings is 2. The minimum atomic E-state index is -3.38. The molecule has 2 aromatic rings. The highest BCUT2D eigenvalue weighted by molar-refractivity contribution is 7.90. The Labute approximate surface area is 184 Å². The second-order valence-corrected chi connectivity index (χ2v) is 11.4. The van der Waals surface area contributed by atoms with Crippen LogP contribution in [-0.2, 0) is 20.0 Å². The van der Waals surface area contributed by atoms with E-state index >= 15 is 0 Å². The van der Waals surface area contributed by atoms with Gasteiger partial charge in [-0.1, -0.05) is 56.6 Å². The lowest BCUT2D eigenvalue weighted by atomic mass is 9.86. The van der Waals surface area contributed by atoms with Crippen molar-refractivity contribution < 1.29 is 13.2 Å². The van der Waals surface area contributed by atoms with E-state index in [2.05, 4.69) is 55.3 Å². The van der Waals surface area contributed by atoms with Gasteiger partial charge in [0, 0.05) is 12.3 Å². The molecule has 30 heavy (non-hydrogen) atoms. The van der Waals surface area contributed by atoms with Gasteiger partial charge in [0.1, 0.15) is 0 Å². The molecular weight excluding hydrogens is 420 g/mol. The number of sulfone groups is 1. The monoisotopic (exact) mass is 448 g/mol. The van der Waals surface area contributed by atoms with E-state index < -0.39 is 9.84 Å². The van der Waals surface area contributed by atoms with Crippen LogP contribution >= 0.6 is 11.6 Å². The molecule has 7 heteroatoms. The fourth-order valence-corrected chi connectivity index (χ4v) is 4.62. The molecule has 1 aliphatic heterocycles. The zero-order valence-electron chi connectivity index (χ0n) is 17.9. The van der Waals surface area contributed by atoms with E-state index in [4.69, 9.17) is 11.6 Å². The van der Waals surface area contributed by atoms with Crippen LogP contribution in [0.2, 0.25) is 5.02 Å². The van der Waals surface area contributed by atoms with E-state index in [0.29, 0.717) is 10.7 Å². The Balaban J connectivity index is 1.71. The molecule has 0 radical (unpaired) electrons. The molecule has 162 valence electrons. The molecule has 0 aromatic heterocycles. The Bertz CT molecular complexity index is 1030. The first kappa shape index (κ1) is 22.8. The number of rotatable bonds is 5. The van der Waals surface area contributed by atoms with E-state index in [1.807, 2.05) is 0 Å². The predicted octanol–water partition coefficient (Wildman–Crippen LogP) is 4.82. The summed E-state index contributed by atoms with van der Waals surface area (Å²) >= 11 is 6.16. The average molecular weight is 449 g/mol. The fraction of sp³-hybridized carbons (Fsp3) is 0.435. The third kappa shape index (κ3) is 5.42. The van der Waals surface area contributed by atoms with Crippen LogP contribution in [0.4, 0.5) is 5.69 Å². The van der Waals surface area contributed by atoms with Gasteiger partial charge in [0.05, 0.1) is 22.2 Å². The molecule has 1 unspecified atom stereocenters. The molecule has 1 aliphatic rings. The lowest BCUT2D eigenvalue weighted by Gasteiger charge is -2.25. The summed E-state index contributed by atoms with van der Waals surface area (Å²) in [6.07, 6.45) is 3.16. The van der Waals surface area contributed by atoms with Crippen molar-refractivity contribution in [1.29, 1.82) is 0 Å². The third-order valence-corrected chi connectivity index (χ3v) is 6.95. The number of nitrogens with zero attached hydrogens (tertiary/aromatic N) is 1. The number of halogens is 1. The Morgan fingerprint density at radius 1 is 1.17 bits per heavy atom. The van der Waals surface area contributed by atoms with Gasteiger partial charge in [-0.3, -0.25) is 9.69 Å². The maximum atomic E-state index is 12.7. The summed E-state index contributed by atoms with van der Waals surface area (Å²) in [4.78, 5) is 15.0. The number of nitrogens with one attached hydrogen (secondary N) is 1. The summed E-state index contributed by atoms with van der Waals surface area (Å²) in [5.41, 5.74) is 2.92. The molecule has 0 aliphatic carbocycles. The minimum absolute atomic E-state index is 0.105. The first-order valence-corrected chi connectivity index (χ1v) is 12.4. The van der Waals surface area contributed by atoms with Crippen LogP contribution in [0.1, 0.15) is 50.8 Å². The van der Waals surface area contributed by atoms with Crippen molar-refractivity contribution in [2.45, 2.75) is 50.0 Å². The number of hydrogen-bond acceptors (Lipinski definition) is 4. The van der Waals surface area contributed by atoms with Crippen LogP contribution in [0, 0.1) is 0 Å². The van der Waals surface area contributed by atoms with E-state index in [0.717, 1.165) is 25.6 Å². The Kier molecular flexibility index (Phi) is 6.60. The molecule has 1 heterocycles. The molecule has 0 saturated carbocycles. The summed E-state index contributed by atoms with van der Waals surface area (Å²) in [5, 5.41) is 3.09. The normalized spacial score (nSPS) is 17.8. The van der Waals surface area contributed by atoms with Gasteiger partial charge in [0.2, 0.25) is 5.91 Å². The lowest BCUT2D eigenvalue weighted by Crippen LogP contribution is -2.33. The molecule has 5 nitrogen and oxygen atoms in total. The van der Waals surface area contributed by atoms with E-state index in [9.17, 15) is 13.2 Å². The molecule has 1 saturated heterocycles. The summed E-state index contributed by atoms with van der Waals surface area (Å²) in [6, 6.07) is 13.2. The number of amides is 1. The zero-order chi connectivity index (χ0) is 22.1. The number of carbonyl (C=O) groups is 1. The van der Waals surface area contributed by atoms with Crippen molar-refractivity contribution >= 4 is 33.0 Å². The number of likely N-dealkylation sites (tertiary alicyclic amines) is 1. The molecule has 1 N–H and O–H groups in total. The molecule has 0 spiro atoms. The highest BCUT2D eigenvalue weighted by atomic mass is 35.5. The molecule has 2 aromatic carbocycles. The Morgan fingerprint density at radius 3 is 2.43 bits per heavy atom. The summed E-state index contributed by atoms with van der Waals surface area (Å²) in [7, 11) is -3.38. The molecular formula is C23H29ClN2O3S. The van der Waals surface area contributed by atoms with Crippen molar-refractivity contribution in [3.63, 3.8) is 0 Å². The van der Waals surface area contributed by atoms with Gasteiger partial charge >= 0.3 is 0 Å². The van der Waals surface area contributed by atoms with Gasteiger partial charge in [-0.25, -0.2) is 8.42 Å². The highest BCUT2D eigenvalue weighted by Gasteiger charge is 2.28. The second kappa shape index (κ2) is 8.69. The molecule has 1 amide bonds. The van der Waals surface area contributed by atoms with Crippen LogP contribution in [0.25, 0.3) is 0 Å². The van der Waals surface area contributed by atoms with Gasteiger partial charge in [0.25, 0.3) is 0 Å². The van der Waals surface area contributed by atoms with Crippen molar-refractivity contribution in [2.75, 3.05) is 24.7 Å². The molecule has 1 fully saturated rings. The number of carbonyl (C=O) groups excluding carboxylic acids is 1. The quantitative estimate of drug-likeness (QED) is 0.712. The maximum Gasteiger partial charge on any atom is 0.238 e. The van der Waals surface area contributed by atoms with Crippen molar-refractivity contribution in [3.8, 4) is 0 Å². The third-order valence-electron chi connectivity index (χ3n) is 5.51. The van der Waals surface area contributed by atoms with Crippen molar-refractivity contribution in [2.24, 2.45) is 0 Å².